The van der Waals surface area contributed by atoms with Crippen molar-refractivity contribution < 1.29 is 0 Å². The lowest BCUT2D eigenvalue weighted by Crippen LogP contribution is -2.45. The minimum Gasteiger partial charge on any atom is -0.300 e. The van der Waals surface area contributed by atoms with Gasteiger partial charge in [-0.1, -0.05) is 169 Å². The first-order chi connectivity index (χ1) is 16.9. The summed E-state index contributed by atoms with van der Waals surface area (Å²) in [5.74, 6) is 0. The number of rotatable bonds is 17. The molecule has 0 radical (unpaired) electrons. The second kappa shape index (κ2) is 15.5. The van der Waals surface area contributed by atoms with Crippen LogP contribution in [0, 0.1) is 0 Å². The van der Waals surface area contributed by atoms with Gasteiger partial charge in [-0.25, -0.2) is 0 Å². The van der Waals surface area contributed by atoms with Crippen LogP contribution in [0.3, 0.4) is 0 Å². The monoisotopic (exact) mass is 455 g/mol. The van der Waals surface area contributed by atoms with Crippen LogP contribution < -0.4 is 5.32 Å². The van der Waals surface area contributed by atoms with E-state index in [1.54, 1.807) is 0 Å². The Hall–Kier alpha value is -2.38. The summed E-state index contributed by atoms with van der Waals surface area (Å²) in [6.45, 7) is 3.30. The highest BCUT2D eigenvalue weighted by Crippen LogP contribution is 2.36. The Morgan fingerprint density at radius 2 is 0.765 bits per heavy atom. The molecule has 0 heterocycles. The normalized spacial score (nSPS) is 11.6. The molecule has 1 heteroatoms. The molecule has 0 bridgehead atoms. The van der Waals surface area contributed by atoms with Crippen LogP contribution in [0.5, 0.6) is 0 Å². The SMILES string of the molecule is CCCCCCCCCCCCCCNC(c1ccccc1)(c1ccccc1)c1ccccc1. The number of benzene rings is 3. The van der Waals surface area contributed by atoms with Crippen molar-refractivity contribution in [1.82, 2.24) is 5.32 Å². The quantitative estimate of drug-likeness (QED) is 0.158. The average Bonchev–Trinajstić information content (AvgIpc) is 2.91. The van der Waals surface area contributed by atoms with E-state index in [1.807, 2.05) is 0 Å². The predicted octanol–water partition coefficient (Wildman–Crippen LogP) is 9.27. The molecule has 3 aromatic carbocycles. The van der Waals surface area contributed by atoms with Crippen LogP contribution in [-0.2, 0) is 5.54 Å². The fourth-order valence-electron chi connectivity index (χ4n) is 5.11. The largest absolute Gasteiger partial charge is 0.300 e. The Labute approximate surface area is 209 Å². The number of hydrogen-bond acceptors (Lipinski definition) is 1. The zero-order chi connectivity index (χ0) is 23.7. The maximum Gasteiger partial charge on any atom is 0.0947 e. The zero-order valence-corrected chi connectivity index (χ0v) is 21.4. The Balaban J connectivity index is 1.54. The van der Waals surface area contributed by atoms with Crippen LogP contribution in [0.1, 0.15) is 101 Å². The van der Waals surface area contributed by atoms with Gasteiger partial charge in [-0.15, -0.1) is 0 Å². The first-order valence-electron chi connectivity index (χ1n) is 13.8. The second-order valence-electron chi connectivity index (χ2n) is 9.66. The average molecular weight is 456 g/mol. The van der Waals surface area contributed by atoms with E-state index >= 15 is 0 Å². The van der Waals surface area contributed by atoms with E-state index in [0.717, 1.165) is 6.54 Å². The van der Waals surface area contributed by atoms with E-state index in [2.05, 4.69) is 103 Å². The standard InChI is InChI=1S/C33H45N/c1-2-3-4-5-6-7-8-9-10-11-12-22-29-34-33(30-23-16-13-17-24-30,31-25-18-14-19-26-31)32-27-20-15-21-28-32/h13-21,23-28,34H,2-12,22,29H2,1H3. The van der Waals surface area contributed by atoms with Crippen molar-refractivity contribution in [2.75, 3.05) is 6.54 Å². The Kier molecular flexibility index (Phi) is 12.0. The third-order valence-electron chi connectivity index (χ3n) is 7.04. The van der Waals surface area contributed by atoms with Crippen LogP contribution >= 0.6 is 0 Å². The third-order valence-corrected chi connectivity index (χ3v) is 7.04. The van der Waals surface area contributed by atoms with E-state index in [1.165, 1.54) is 93.7 Å². The lowest BCUT2D eigenvalue weighted by Gasteiger charge is -2.37. The van der Waals surface area contributed by atoms with E-state index in [-0.39, 0.29) is 5.54 Å². The smallest absolute Gasteiger partial charge is 0.0947 e. The molecular formula is C33H45N. The molecule has 0 saturated carbocycles. The number of nitrogens with one attached hydrogen (secondary N) is 1. The summed E-state index contributed by atoms with van der Waals surface area (Å²) in [7, 11) is 0. The fraction of sp³-hybridized carbons (Fsp3) is 0.455. The maximum absolute atomic E-state index is 4.02. The summed E-state index contributed by atoms with van der Waals surface area (Å²) in [6, 6.07) is 32.8. The van der Waals surface area contributed by atoms with Crippen molar-refractivity contribution in [2.45, 2.75) is 89.5 Å². The van der Waals surface area contributed by atoms with E-state index < -0.39 is 0 Å². The molecule has 3 rings (SSSR count). The lowest BCUT2D eigenvalue weighted by molar-refractivity contribution is 0.453. The molecule has 1 nitrogen and oxygen atoms in total. The summed E-state index contributed by atoms with van der Waals surface area (Å²) in [5.41, 5.74) is 3.56. The van der Waals surface area contributed by atoms with E-state index in [0.29, 0.717) is 0 Å². The molecule has 182 valence electrons. The highest BCUT2D eigenvalue weighted by Gasteiger charge is 2.35. The van der Waals surface area contributed by atoms with Crippen molar-refractivity contribution in [3.63, 3.8) is 0 Å². The van der Waals surface area contributed by atoms with Crippen molar-refractivity contribution in [3.8, 4) is 0 Å². The Morgan fingerprint density at radius 1 is 0.441 bits per heavy atom. The van der Waals surface area contributed by atoms with Gasteiger partial charge in [-0.05, 0) is 29.7 Å². The molecule has 0 atom stereocenters. The van der Waals surface area contributed by atoms with Crippen molar-refractivity contribution >= 4 is 0 Å². The number of unbranched alkanes of at least 4 members (excludes halogenated alkanes) is 11. The molecule has 0 aliphatic carbocycles. The Bertz CT molecular complexity index is 776. The summed E-state index contributed by atoms with van der Waals surface area (Å²) in [4.78, 5) is 0. The summed E-state index contributed by atoms with van der Waals surface area (Å²) in [5, 5.41) is 4.02. The van der Waals surface area contributed by atoms with Gasteiger partial charge < -0.3 is 0 Å². The molecule has 0 saturated heterocycles. The molecular weight excluding hydrogens is 410 g/mol. The van der Waals surface area contributed by atoms with Crippen molar-refractivity contribution in [2.24, 2.45) is 0 Å². The predicted molar refractivity (Wildman–Crippen MR) is 148 cm³/mol. The molecule has 0 spiro atoms. The second-order valence-corrected chi connectivity index (χ2v) is 9.66. The molecule has 0 unspecified atom stereocenters. The molecule has 0 aromatic heterocycles. The van der Waals surface area contributed by atoms with Gasteiger partial charge in [0.25, 0.3) is 0 Å². The summed E-state index contributed by atoms with van der Waals surface area (Å²) in [6.07, 6.45) is 16.6. The first kappa shape index (κ1) is 26.2. The topological polar surface area (TPSA) is 12.0 Å². The summed E-state index contributed by atoms with van der Waals surface area (Å²) < 4.78 is 0. The molecule has 3 aromatic rings. The maximum atomic E-state index is 4.02. The lowest BCUT2D eigenvalue weighted by atomic mass is 9.77. The molecule has 0 aliphatic heterocycles. The van der Waals surface area contributed by atoms with Gasteiger partial charge in [0.15, 0.2) is 0 Å². The minimum absolute atomic E-state index is 0.332. The van der Waals surface area contributed by atoms with Gasteiger partial charge in [-0.2, -0.15) is 0 Å². The highest BCUT2D eigenvalue weighted by atomic mass is 15.0. The van der Waals surface area contributed by atoms with E-state index in [9.17, 15) is 0 Å². The van der Waals surface area contributed by atoms with Crippen LogP contribution in [0.4, 0.5) is 0 Å². The molecule has 0 amide bonds. The Morgan fingerprint density at radius 3 is 1.12 bits per heavy atom. The van der Waals surface area contributed by atoms with Gasteiger partial charge in [-0.3, -0.25) is 5.32 Å². The van der Waals surface area contributed by atoms with Gasteiger partial charge in [0.1, 0.15) is 0 Å². The van der Waals surface area contributed by atoms with E-state index in [4.69, 9.17) is 0 Å². The van der Waals surface area contributed by atoms with Crippen LogP contribution in [0.15, 0.2) is 91.0 Å². The van der Waals surface area contributed by atoms with Crippen molar-refractivity contribution in [1.29, 1.82) is 0 Å². The molecule has 34 heavy (non-hydrogen) atoms. The van der Waals surface area contributed by atoms with Gasteiger partial charge in [0.2, 0.25) is 0 Å². The molecule has 0 aliphatic rings. The highest BCUT2D eigenvalue weighted by molar-refractivity contribution is 5.49. The van der Waals surface area contributed by atoms with Crippen LogP contribution in [0.2, 0.25) is 0 Å². The first-order valence-corrected chi connectivity index (χ1v) is 13.8. The third kappa shape index (κ3) is 7.84. The minimum atomic E-state index is -0.332. The van der Waals surface area contributed by atoms with Crippen LogP contribution in [-0.4, -0.2) is 6.54 Å². The number of hydrogen-bond donors (Lipinski definition) is 1. The zero-order valence-electron chi connectivity index (χ0n) is 21.4. The summed E-state index contributed by atoms with van der Waals surface area (Å²) >= 11 is 0. The fourth-order valence-corrected chi connectivity index (χ4v) is 5.11. The van der Waals surface area contributed by atoms with Gasteiger partial charge in [0, 0.05) is 0 Å². The van der Waals surface area contributed by atoms with Gasteiger partial charge in [0.05, 0.1) is 5.54 Å². The molecule has 1 N–H and O–H groups in total. The van der Waals surface area contributed by atoms with Gasteiger partial charge >= 0.3 is 0 Å². The van der Waals surface area contributed by atoms with Crippen LogP contribution in [0.25, 0.3) is 0 Å². The van der Waals surface area contributed by atoms with Crippen molar-refractivity contribution in [3.05, 3.63) is 108 Å². The molecule has 0 fully saturated rings.